The molecule has 0 bridgehead atoms. The first-order valence-corrected chi connectivity index (χ1v) is 11.4. The fraction of sp³-hybridized carbons (Fsp3) is 0.400. The van der Waals surface area contributed by atoms with Gasteiger partial charge >= 0.3 is 12.1 Å². The summed E-state index contributed by atoms with van der Waals surface area (Å²) in [5.74, 6) is -3.18. The first kappa shape index (κ1) is 27.9. The van der Waals surface area contributed by atoms with Crippen molar-refractivity contribution in [3.8, 4) is 0 Å². The lowest BCUT2D eigenvalue weighted by Gasteiger charge is -2.46. The molecule has 37 heavy (non-hydrogen) atoms. The minimum absolute atomic E-state index is 0.00168. The number of halogens is 4. The fourth-order valence-corrected chi connectivity index (χ4v) is 4.41. The number of carboxylic acid groups (broad SMARTS) is 1. The van der Waals surface area contributed by atoms with Crippen LogP contribution in [0.5, 0.6) is 0 Å². The van der Waals surface area contributed by atoms with E-state index < -0.39 is 12.1 Å². The number of alkyl halides is 3. The standard InChI is InChI=1S/C23H27FN4O2.C2HF3O2/c1-25(2)19-8-4-6-17(12-19)22(30)27-11-10-23(15-27)16-28(21(29)14-26(23)3)20-9-5-7-18(24)13-20;3-2(4,5)1(6)7/h4-9,12-13H,10-11,14-16H2,1-3H3;(H,6,7). The molecule has 1 atom stereocenters. The molecule has 0 radical (unpaired) electrons. The Morgan fingerprint density at radius 1 is 1.05 bits per heavy atom. The van der Waals surface area contributed by atoms with Crippen LogP contribution in [0.1, 0.15) is 16.8 Å². The number of carbonyl (C=O) groups excluding carboxylic acids is 2. The van der Waals surface area contributed by atoms with E-state index in [1.807, 2.05) is 55.2 Å². The van der Waals surface area contributed by atoms with E-state index in [-0.39, 0.29) is 29.7 Å². The molecular weight excluding hydrogens is 496 g/mol. The van der Waals surface area contributed by atoms with E-state index in [1.54, 1.807) is 17.0 Å². The molecule has 4 rings (SSSR count). The Morgan fingerprint density at radius 3 is 2.30 bits per heavy atom. The maximum atomic E-state index is 13.7. The van der Waals surface area contributed by atoms with Crippen molar-refractivity contribution >= 4 is 29.2 Å². The van der Waals surface area contributed by atoms with Crippen molar-refractivity contribution in [1.82, 2.24) is 9.80 Å². The molecule has 1 spiro atoms. The Balaban J connectivity index is 0.000000479. The lowest BCUT2D eigenvalue weighted by molar-refractivity contribution is -0.192. The van der Waals surface area contributed by atoms with E-state index in [0.717, 1.165) is 12.1 Å². The van der Waals surface area contributed by atoms with Crippen LogP contribution in [0.4, 0.5) is 28.9 Å². The minimum atomic E-state index is -5.08. The molecule has 0 saturated carbocycles. The van der Waals surface area contributed by atoms with Crippen LogP contribution in [0.15, 0.2) is 48.5 Å². The molecule has 8 nitrogen and oxygen atoms in total. The van der Waals surface area contributed by atoms with E-state index >= 15 is 0 Å². The number of aliphatic carboxylic acids is 1. The largest absolute Gasteiger partial charge is 0.490 e. The van der Waals surface area contributed by atoms with Gasteiger partial charge in [-0.15, -0.1) is 0 Å². The monoisotopic (exact) mass is 524 g/mol. The number of carbonyl (C=O) groups is 3. The van der Waals surface area contributed by atoms with Crippen molar-refractivity contribution in [2.45, 2.75) is 18.1 Å². The van der Waals surface area contributed by atoms with Gasteiger partial charge in [0.25, 0.3) is 5.91 Å². The predicted octanol–water partition coefficient (Wildman–Crippen LogP) is 3.09. The third kappa shape index (κ3) is 6.37. The number of anilines is 2. The van der Waals surface area contributed by atoms with Crippen molar-refractivity contribution in [3.05, 3.63) is 59.9 Å². The Kier molecular flexibility index (Phi) is 8.11. The van der Waals surface area contributed by atoms with E-state index in [1.165, 1.54) is 12.1 Å². The highest BCUT2D eigenvalue weighted by molar-refractivity contribution is 5.97. The Morgan fingerprint density at radius 2 is 1.70 bits per heavy atom. The van der Waals surface area contributed by atoms with Crippen molar-refractivity contribution in [2.75, 3.05) is 57.1 Å². The van der Waals surface area contributed by atoms with Gasteiger partial charge in [-0.2, -0.15) is 13.2 Å². The summed E-state index contributed by atoms with van der Waals surface area (Å²) in [5, 5.41) is 7.12. The van der Waals surface area contributed by atoms with E-state index in [9.17, 15) is 27.2 Å². The van der Waals surface area contributed by atoms with Gasteiger partial charge in [-0.1, -0.05) is 12.1 Å². The number of rotatable bonds is 3. The van der Waals surface area contributed by atoms with Gasteiger partial charge in [-0.3, -0.25) is 14.5 Å². The molecule has 200 valence electrons. The average molecular weight is 525 g/mol. The molecule has 2 aromatic carbocycles. The van der Waals surface area contributed by atoms with Crippen molar-refractivity contribution in [1.29, 1.82) is 0 Å². The zero-order chi connectivity index (χ0) is 27.5. The number of carboxylic acids is 1. The number of hydrogen-bond donors (Lipinski definition) is 1. The van der Waals surface area contributed by atoms with E-state index in [4.69, 9.17) is 9.90 Å². The summed E-state index contributed by atoms with van der Waals surface area (Å²) in [6.45, 7) is 1.84. The fourth-order valence-electron chi connectivity index (χ4n) is 4.41. The highest BCUT2D eigenvalue weighted by atomic mass is 19.4. The van der Waals surface area contributed by atoms with E-state index in [0.29, 0.717) is 30.9 Å². The summed E-state index contributed by atoms with van der Waals surface area (Å²) < 4.78 is 45.5. The average Bonchev–Trinajstić information content (AvgIpc) is 3.26. The predicted molar refractivity (Wildman–Crippen MR) is 129 cm³/mol. The summed E-state index contributed by atoms with van der Waals surface area (Å²) in [6.07, 6.45) is -4.32. The third-order valence-corrected chi connectivity index (χ3v) is 6.53. The smallest absolute Gasteiger partial charge is 0.475 e. The van der Waals surface area contributed by atoms with Gasteiger partial charge in [0.1, 0.15) is 5.82 Å². The maximum Gasteiger partial charge on any atom is 0.490 e. The molecule has 12 heteroatoms. The van der Waals surface area contributed by atoms with Crippen LogP contribution in [0, 0.1) is 5.82 Å². The molecule has 0 aliphatic carbocycles. The first-order chi connectivity index (χ1) is 17.2. The molecule has 2 amide bonds. The summed E-state index contributed by atoms with van der Waals surface area (Å²) >= 11 is 0. The van der Waals surface area contributed by atoms with Gasteiger partial charge < -0.3 is 19.8 Å². The summed E-state index contributed by atoms with van der Waals surface area (Å²) in [7, 11) is 5.83. The van der Waals surface area contributed by atoms with Crippen molar-refractivity contribution in [3.63, 3.8) is 0 Å². The Labute approximate surface area is 211 Å². The minimum Gasteiger partial charge on any atom is -0.475 e. The molecule has 0 aromatic heterocycles. The first-order valence-electron chi connectivity index (χ1n) is 11.4. The molecule has 2 aromatic rings. The second-order valence-electron chi connectivity index (χ2n) is 9.26. The summed E-state index contributed by atoms with van der Waals surface area (Å²) in [5.41, 5.74) is 1.87. The normalized spacial score (nSPS) is 20.0. The third-order valence-electron chi connectivity index (χ3n) is 6.53. The zero-order valence-corrected chi connectivity index (χ0v) is 20.6. The summed E-state index contributed by atoms with van der Waals surface area (Å²) in [6, 6.07) is 13.7. The Bertz CT molecular complexity index is 1170. The number of amides is 2. The molecule has 2 aliphatic rings. The molecule has 1 unspecified atom stereocenters. The van der Waals surface area contributed by atoms with Crippen molar-refractivity contribution < 1.29 is 37.1 Å². The molecule has 2 aliphatic heterocycles. The van der Waals surface area contributed by atoms with Crippen LogP contribution < -0.4 is 9.80 Å². The molecule has 2 saturated heterocycles. The van der Waals surface area contributed by atoms with Gasteiger partial charge in [0, 0.05) is 50.7 Å². The Hall–Kier alpha value is -3.67. The number of likely N-dealkylation sites (tertiary alicyclic amines) is 1. The number of likely N-dealkylation sites (N-methyl/N-ethyl adjacent to an activating group) is 1. The van der Waals surface area contributed by atoms with Crippen LogP contribution in [0.3, 0.4) is 0 Å². The molecule has 2 heterocycles. The number of benzene rings is 2. The van der Waals surface area contributed by atoms with Crippen LogP contribution in [-0.2, 0) is 9.59 Å². The lowest BCUT2D eigenvalue weighted by Crippen LogP contribution is -2.64. The highest BCUT2D eigenvalue weighted by Crippen LogP contribution is 2.34. The van der Waals surface area contributed by atoms with Crippen LogP contribution in [-0.4, -0.2) is 91.7 Å². The van der Waals surface area contributed by atoms with Crippen LogP contribution in [0.2, 0.25) is 0 Å². The van der Waals surface area contributed by atoms with E-state index in [2.05, 4.69) is 4.90 Å². The van der Waals surface area contributed by atoms with Gasteiger partial charge in [-0.25, -0.2) is 9.18 Å². The van der Waals surface area contributed by atoms with Gasteiger partial charge in [0.05, 0.1) is 12.1 Å². The molecular formula is C25H28F4N4O4. The quantitative estimate of drug-likeness (QED) is 0.622. The van der Waals surface area contributed by atoms with Gasteiger partial charge in [-0.05, 0) is 49.9 Å². The number of hydrogen-bond acceptors (Lipinski definition) is 5. The summed E-state index contributed by atoms with van der Waals surface area (Å²) in [4.78, 5) is 42.3. The SMILES string of the molecule is CN(C)c1cccc(C(=O)N2CCC3(C2)CN(c2cccc(F)c2)C(=O)CN3C)c1.O=C(O)C(F)(F)F. The number of nitrogens with zero attached hydrogens (tertiary/aromatic N) is 4. The second kappa shape index (κ2) is 10.8. The maximum absolute atomic E-state index is 13.7. The zero-order valence-electron chi connectivity index (χ0n) is 20.6. The van der Waals surface area contributed by atoms with Gasteiger partial charge in [0.2, 0.25) is 5.91 Å². The van der Waals surface area contributed by atoms with Crippen LogP contribution >= 0.6 is 0 Å². The van der Waals surface area contributed by atoms with Crippen molar-refractivity contribution in [2.24, 2.45) is 0 Å². The lowest BCUT2D eigenvalue weighted by atomic mass is 9.92. The molecule has 1 N–H and O–H groups in total. The van der Waals surface area contributed by atoms with Crippen LogP contribution in [0.25, 0.3) is 0 Å². The second-order valence-corrected chi connectivity index (χ2v) is 9.26. The number of piperazine rings is 1. The highest BCUT2D eigenvalue weighted by Gasteiger charge is 2.48. The molecule has 2 fully saturated rings. The van der Waals surface area contributed by atoms with Gasteiger partial charge in [0.15, 0.2) is 0 Å². The topological polar surface area (TPSA) is 84.4 Å².